The number of hydrogen-bond acceptors (Lipinski definition) is 3. The van der Waals surface area contributed by atoms with Crippen molar-refractivity contribution in [1.29, 1.82) is 0 Å². The van der Waals surface area contributed by atoms with Gasteiger partial charge in [-0.25, -0.2) is 4.98 Å². The Kier molecular flexibility index (Phi) is 5.17. The van der Waals surface area contributed by atoms with Gasteiger partial charge in [-0.2, -0.15) is 0 Å². The minimum absolute atomic E-state index is 0.201. The van der Waals surface area contributed by atoms with Crippen LogP contribution in [0.3, 0.4) is 0 Å². The van der Waals surface area contributed by atoms with E-state index in [0.717, 1.165) is 18.5 Å². The number of anilines is 2. The number of halogens is 1. The Balaban J connectivity index is 2.17. The fourth-order valence-electron chi connectivity index (χ4n) is 1.90. The number of amides is 1. The predicted octanol–water partition coefficient (Wildman–Crippen LogP) is 4.12. The lowest BCUT2D eigenvalue weighted by Crippen LogP contribution is -2.14. The molecule has 0 fully saturated rings. The molecule has 5 heteroatoms. The highest BCUT2D eigenvalue weighted by Gasteiger charge is 2.11. The van der Waals surface area contributed by atoms with Crippen LogP contribution in [0.4, 0.5) is 11.5 Å². The van der Waals surface area contributed by atoms with E-state index in [2.05, 4.69) is 22.5 Å². The molecule has 1 aromatic heterocycles. The molecule has 0 aliphatic carbocycles. The molecule has 0 bridgehead atoms. The van der Waals surface area contributed by atoms with Crippen molar-refractivity contribution in [1.82, 2.24) is 4.98 Å². The number of para-hydroxylation sites is 1. The summed E-state index contributed by atoms with van der Waals surface area (Å²) in [7, 11) is 0. The highest BCUT2D eigenvalue weighted by atomic mass is 35.5. The molecule has 2 N–H and O–H groups in total. The molecule has 4 nitrogen and oxygen atoms in total. The van der Waals surface area contributed by atoms with Gasteiger partial charge < -0.3 is 10.6 Å². The van der Waals surface area contributed by atoms with E-state index >= 15 is 0 Å². The highest BCUT2D eigenvalue weighted by Crippen LogP contribution is 2.25. The first-order valence-electron chi connectivity index (χ1n) is 6.88. The smallest absolute Gasteiger partial charge is 0.255 e. The van der Waals surface area contributed by atoms with Crippen LogP contribution in [0.1, 0.15) is 29.3 Å². The van der Waals surface area contributed by atoms with Gasteiger partial charge in [0.1, 0.15) is 5.82 Å². The van der Waals surface area contributed by atoms with Gasteiger partial charge >= 0.3 is 0 Å². The summed E-state index contributed by atoms with van der Waals surface area (Å²) in [5.74, 6) is 0.494. The lowest BCUT2D eigenvalue weighted by molar-refractivity contribution is 0.102. The number of benzene rings is 1. The van der Waals surface area contributed by atoms with Crippen LogP contribution in [0, 0.1) is 6.92 Å². The van der Waals surface area contributed by atoms with Crippen LogP contribution in [0.15, 0.2) is 36.5 Å². The minimum Gasteiger partial charge on any atom is -0.370 e. The number of carbonyl (C=O) groups is 1. The molecule has 2 aromatic rings. The molecule has 0 aliphatic rings. The number of hydrogen-bond donors (Lipinski definition) is 2. The zero-order valence-corrected chi connectivity index (χ0v) is 12.9. The van der Waals surface area contributed by atoms with E-state index in [0.29, 0.717) is 22.1 Å². The molecule has 0 radical (unpaired) electrons. The van der Waals surface area contributed by atoms with Crippen LogP contribution in [-0.4, -0.2) is 17.4 Å². The average molecular weight is 304 g/mol. The Hall–Kier alpha value is -2.07. The molecule has 0 atom stereocenters. The number of pyridine rings is 1. The Morgan fingerprint density at radius 3 is 2.86 bits per heavy atom. The van der Waals surface area contributed by atoms with Crippen LogP contribution in [0.25, 0.3) is 0 Å². The van der Waals surface area contributed by atoms with Gasteiger partial charge in [-0.15, -0.1) is 0 Å². The third-order valence-electron chi connectivity index (χ3n) is 3.04. The van der Waals surface area contributed by atoms with Gasteiger partial charge in [-0.1, -0.05) is 30.7 Å². The van der Waals surface area contributed by atoms with Crippen molar-refractivity contribution in [3.8, 4) is 0 Å². The molecule has 0 spiro atoms. The third kappa shape index (κ3) is 3.95. The maximum absolute atomic E-state index is 12.3. The zero-order chi connectivity index (χ0) is 15.2. The molecule has 2 rings (SSSR count). The highest BCUT2D eigenvalue weighted by molar-refractivity contribution is 6.34. The lowest BCUT2D eigenvalue weighted by Gasteiger charge is -2.11. The van der Waals surface area contributed by atoms with Crippen molar-refractivity contribution in [2.45, 2.75) is 20.3 Å². The standard InChI is InChI=1S/C16H18ClN3O/c1-3-8-18-14-10-12(7-9-19-14)16(21)20-15-11(2)5-4-6-13(15)17/h4-7,9-10H,3,8H2,1-2H3,(H,18,19)(H,20,21). The summed E-state index contributed by atoms with van der Waals surface area (Å²) in [6.07, 6.45) is 2.61. The number of nitrogens with one attached hydrogen (secondary N) is 2. The summed E-state index contributed by atoms with van der Waals surface area (Å²) in [5, 5.41) is 6.54. The van der Waals surface area contributed by atoms with Crippen molar-refractivity contribution in [2.75, 3.05) is 17.2 Å². The van der Waals surface area contributed by atoms with E-state index in [-0.39, 0.29) is 5.91 Å². The summed E-state index contributed by atoms with van der Waals surface area (Å²) in [6.45, 7) is 4.80. The lowest BCUT2D eigenvalue weighted by atomic mass is 10.2. The summed E-state index contributed by atoms with van der Waals surface area (Å²) < 4.78 is 0. The summed E-state index contributed by atoms with van der Waals surface area (Å²) in [6, 6.07) is 8.93. The summed E-state index contributed by atoms with van der Waals surface area (Å²) in [4.78, 5) is 16.5. The Bertz CT molecular complexity index is 623. The van der Waals surface area contributed by atoms with Crippen LogP contribution >= 0.6 is 11.6 Å². The molecule has 0 aliphatic heterocycles. The normalized spacial score (nSPS) is 10.2. The monoisotopic (exact) mass is 303 g/mol. The van der Waals surface area contributed by atoms with E-state index in [1.165, 1.54) is 0 Å². The van der Waals surface area contributed by atoms with Gasteiger partial charge in [-0.3, -0.25) is 4.79 Å². The first-order valence-corrected chi connectivity index (χ1v) is 7.26. The molecule has 1 aromatic carbocycles. The first-order chi connectivity index (χ1) is 10.1. The fraction of sp³-hybridized carbons (Fsp3) is 0.250. The topological polar surface area (TPSA) is 54.0 Å². The zero-order valence-electron chi connectivity index (χ0n) is 12.1. The summed E-state index contributed by atoms with van der Waals surface area (Å²) >= 11 is 6.12. The van der Waals surface area contributed by atoms with Crippen LogP contribution in [-0.2, 0) is 0 Å². The first kappa shape index (κ1) is 15.3. The number of nitrogens with zero attached hydrogens (tertiary/aromatic N) is 1. The molecule has 21 heavy (non-hydrogen) atoms. The molecule has 1 heterocycles. The molecular formula is C16H18ClN3O. The number of rotatable bonds is 5. The summed E-state index contributed by atoms with van der Waals surface area (Å²) in [5.41, 5.74) is 2.11. The van der Waals surface area contributed by atoms with Crippen LogP contribution in [0.2, 0.25) is 5.02 Å². The minimum atomic E-state index is -0.201. The number of aryl methyl sites for hydroxylation is 1. The van der Waals surface area contributed by atoms with Gasteiger partial charge in [0, 0.05) is 18.3 Å². The average Bonchev–Trinajstić information content (AvgIpc) is 2.49. The van der Waals surface area contributed by atoms with Crippen molar-refractivity contribution in [3.05, 3.63) is 52.7 Å². The molecule has 0 unspecified atom stereocenters. The van der Waals surface area contributed by atoms with Crippen LogP contribution < -0.4 is 10.6 Å². The molecule has 1 amide bonds. The number of aromatic nitrogens is 1. The quantitative estimate of drug-likeness (QED) is 0.873. The van der Waals surface area contributed by atoms with E-state index in [1.807, 2.05) is 19.1 Å². The largest absolute Gasteiger partial charge is 0.370 e. The Morgan fingerprint density at radius 1 is 1.33 bits per heavy atom. The van der Waals surface area contributed by atoms with E-state index in [9.17, 15) is 4.79 Å². The van der Waals surface area contributed by atoms with E-state index in [4.69, 9.17) is 11.6 Å². The second-order valence-electron chi connectivity index (χ2n) is 4.74. The molecule has 0 saturated carbocycles. The molecule has 0 saturated heterocycles. The van der Waals surface area contributed by atoms with E-state index in [1.54, 1.807) is 24.4 Å². The third-order valence-corrected chi connectivity index (χ3v) is 3.35. The molecule has 110 valence electrons. The van der Waals surface area contributed by atoms with Crippen molar-refractivity contribution in [2.24, 2.45) is 0 Å². The van der Waals surface area contributed by atoms with Gasteiger partial charge in [0.25, 0.3) is 5.91 Å². The Labute approximate surface area is 129 Å². The number of carbonyl (C=O) groups excluding carboxylic acids is 1. The van der Waals surface area contributed by atoms with Gasteiger partial charge in [0.2, 0.25) is 0 Å². The SMILES string of the molecule is CCCNc1cc(C(=O)Nc2c(C)cccc2Cl)ccn1. The maximum Gasteiger partial charge on any atom is 0.255 e. The Morgan fingerprint density at radius 2 is 2.14 bits per heavy atom. The molecular weight excluding hydrogens is 286 g/mol. The second kappa shape index (κ2) is 7.09. The van der Waals surface area contributed by atoms with Gasteiger partial charge in [0.15, 0.2) is 0 Å². The second-order valence-corrected chi connectivity index (χ2v) is 5.15. The van der Waals surface area contributed by atoms with Crippen molar-refractivity contribution in [3.63, 3.8) is 0 Å². The van der Waals surface area contributed by atoms with Crippen molar-refractivity contribution < 1.29 is 4.79 Å². The van der Waals surface area contributed by atoms with Crippen LogP contribution in [0.5, 0.6) is 0 Å². The van der Waals surface area contributed by atoms with Gasteiger partial charge in [-0.05, 0) is 37.1 Å². The van der Waals surface area contributed by atoms with Crippen molar-refractivity contribution >= 4 is 29.0 Å². The van der Waals surface area contributed by atoms with Gasteiger partial charge in [0.05, 0.1) is 10.7 Å². The predicted molar refractivity (Wildman–Crippen MR) is 87.2 cm³/mol. The van der Waals surface area contributed by atoms with E-state index < -0.39 is 0 Å². The maximum atomic E-state index is 12.3. The fourth-order valence-corrected chi connectivity index (χ4v) is 2.17.